The normalized spacial score (nSPS) is 16.6. The van der Waals surface area contributed by atoms with E-state index in [-0.39, 0.29) is 11.3 Å². The van der Waals surface area contributed by atoms with Gasteiger partial charge in [0.15, 0.2) is 11.5 Å². The van der Waals surface area contributed by atoms with Crippen LogP contribution in [0.1, 0.15) is 5.69 Å². The molecule has 0 atom stereocenters. The van der Waals surface area contributed by atoms with E-state index in [9.17, 15) is 13.2 Å². The van der Waals surface area contributed by atoms with Crippen molar-refractivity contribution in [2.24, 2.45) is 0 Å². The summed E-state index contributed by atoms with van der Waals surface area (Å²) in [5, 5.41) is 0. The number of fused-ring (bicyclic) bond motifs is 1. The number of nitrogens with zero attached hydrogens (tertiary/aromatic N) is 3. The second-order valence-corrected chi connectivity index (χ2v) is 4.48. The number of aromatic nitrogens is 2. The molecule has 1 saturated heterocycles. The molecule has 7 heteroatoms. The predicted molar refractivity (Wildman–Crippen MR) is 67.6 cm³/mol. The highest BCUT2D eigenvalue weighted by Crippen LogP contribution is 2.35. The first-order chi connectivity index (χ1) is 9.55. The summed E-state index contributed by atoms with van der Waals surface area (Å²) in [6.45, 7) is 1.56. The third kappa shape index (κ3) is 2.40. The van der Waals surface area contributed by atoms with E-state index in [1.807, 2.05) is 0 Å². The van der Waals surface area contributed by atoms with Crippen molar-refractivity contribution >= 4 is 16.9 Å². The molecule has 1 aromatic heterocycles. The maximum absolute atomic E-state index is 13.2. The van der Waals surface area contributed by atoms with Gasteiger partial charge in [0.05, 0.1) is 24.2 Å². The highest BCUT2D eigenvalue weighted by atomic mass is 19.4. The van der Waals surface area contributed by atoms with E-state index in [1.54, 1.807) is 23.1 Å². The first kappa shape index (κ1) is 13.1. The molecule has 3 rings (SSSR count). The molecule has 2 aromatic rings. The lowest BCUT2D eigenvalue weighted by Crippen LogP contribution is -2.38. The van der Waals surface area contributed by atoms with E-state index in [0.29, 0.717) is 31.8 Å². The number of alkyl halides is 3. The fraction of sp³-hybridized carbons (Fsp3) is 0.385. The minimum atomic E-state index is -4.52. The zero-order valence-electron chi connectivity index (χ0n) is 10.5. The predicted octanol–water partition coefficient (Wildman–Crippen LogP) is 2.49. The van der Waals surface area contributed by atoms with Gasteiger partial charge >= 0.3 is 6.18 Å². The number of anilines is 1. The third-order valence-electron chi connectivity index (χ3n) is 3.13. The van der Waals surface area contributed by atoms with Crippen LogP contribution in [-0.4, -0.2) is 36.3 Å². The van der Waals surface area contributed by atoms with Crippen molar-refractivity contribution in [2.45, 2.75) is 6.18 Å². The number of para-hydroxylation sites is 2. The smallest absolute Gasteiger partial charge is 0.378 e. The Morgan fingerprint density at radius 3 is 2.20 bits per heavy atom. The second-order valence-electron chi connectivity index (χ2n) is 4.48. The zero-order valence-corrected chi connectivity index (χ0v) is 10.5. The molecule has 0 radical (unpaired) electrons. The molecule has 20 heavy (non-hydrogen) atoms. The van der Waals surface area contributed by atoms with Gasteiger partial charge in [-0.3, -0.25) is 0 Å². The highest BCUT2D eigenvalue weighted by molar-refractivity contribution is 5.76. The molecule has 0 spiro atoms. The van der Waals surface area contributed by atoms with Gasteiger partial charge in [-0.15, -0.1) is 0 Å². The zero-order chi connectivity index (χ0) is 14.2. The number of benzene rings is 1. The van der Waals surface area contributed by atoms with Crippen LogP contribution in [0.15, 0.2) is 24.3 Å². The van der Waals surface area contributed by atoms with E-state index in [0.717, 1.165) is 0 Å². The summed E-state index contributed by atoms with van der Waals surface area (Å²) in [7, 11) is 0. The van der Waals surface area contributed by atoms with E-state index in [1.165, 1.54) is 6.07 Å². The molecular weight excluding hydrogens is 271 g/mol. The van der Waals surface area contributed by atoms with Gasteiger partial charge in [0, 0.05) is 13.1 Å². The molecular formula is C13H12F3N3O. The Balaban J connectivity index is 2.16. The van der Waals surface area contributed by atoms with Gasteiger partial charge in [-0.25, -0.2) is 9.97 Å². The van der Waals surface area contributed by atoms with Gasteiger partial charge in [0.25, 0.3) is 0 Å². The number of halogens is 3. The van der Waals surface area contributed by atoms with Crippen LogP contribution in [0.25, 0.3) is 11.0 Å². The Bertz CT molecular complexity index is 624. The molecule has 0 saturated carbocycles. The molecule has 0 amide bonds. The molecule has 106 valence electrons. The number of hydrogen-bond donors (Lipinski definition) is 0. The second kappa shape index (κ2) is 4.90. The van der Waals surface area contributed by atoms with Gasteiger partial charge in [-0.2, -0.15) is 13.2 Å². The Kier molecular flexibility index (Phi) is 3.21. The lowest BCUT2D eigenvalue weighted by Gasteiger charge is -2.29. The number of morpholine rings is 1. The van der Waals surface area contributed by atoms with Gasteiger partial charge in [-0.1, -0.05) is 12.1 Å². The van der Waals surface area contributed by atoms with Crippen LogP contribution in [0.4, 0.5) is 19.0 Å². The lowest BCUT2D eigenvalue weighted by atomic mass is 10.2. The van der Waals surface area contributed by atoms with Crippen molar-refractivity contribution in [3.63, 3.8) is 0 Å². The quantitative estimate of drug-likeness (QED) is 0.806. The van der Waals surface area contributed by atoms with Crippen LogP contribution >= 0.6 is 0 Å². The maximum atomic E-state index is 13.2. The molecule has 2 heterocycles. The van der Waals surface area contributed by atoms with Crippen molar-refractivity contribution in [1.82, 2.24) is 9.97 Å². The van der Waals surface area contributed by atoms with Crippen LogP contribution in [0.3, 0.4) is 0 Å². The first-order valence-electron chi connectivity index (χ1n) is 6.22. The number of ether oxygens (including phenoxy) is 1. The Labute approximate surface area is 113 Å². The minimum absolute atomic E-state index is 0.112. The van der Waals surface area contributed by atoms with E-state index >= 15 is 0 Å². The summed E-state index contributed by atoms with van der Waals surface area (Å²) >= 11 is 0. The molecule has 4 nitrogen and oxygen atoms in total. The van der Waals surface area contributed by atoms with Crippen LogP contribution in [0, 0.1) is 0 Å². The van der Waals surface area contributed by atoms with Crippen LogP contribution in [-0.2, 0) is 10.9 Å². The van der Waals surface area contributed by atoms with E-state index < -0.39 is 11.9 Å². The van der Waals surface area contributed by atoms with Crippen molar-refractivity contribution in [3.8, 4) is 0 Å². The average molecular weight is 283 g/mol. The molecule has 1 aromatic carbocycles. The summed E-state index contributed by atoms with van der Waals surface area (Å²) in [4.78, 5) is 9.48. The van der Waals surface area contributed by atoms with Crippen LogP contribution in [0.2, 0.25) is 0 Å². The van der Waals surface area contributed by atoms with Crippen molar-refractivity contribution in [3.05, 3.63) is 30.0 Å². The van der Waals surface area contributed by atoms with Crippen molar-refractivity contribution in [2.75, 3.05) is 31.2 Å². The number of hydrogen-bond acceptors (Lipinski definition) is 4. The Hall–Kier alpha value is -1.89. The van der Waals surface area contributed by atoms with Gasteiger partial charge < -0.3 is 9.64 Å². The molecule has 0 bridgehead atoms. The Morgan fingerprint density at radius 1 is 1.00 bits per heavy atom. The number of rotatable bonds is 1. The molecule has 0 aliphatic carbocycles. The van der Waals surface area contributed by atoms with Gasteiger partial charge in [0.2, 0.25) is 0 Å². The fourth-order valence-corrected chi connectivity index (χ4v) is 2.18. The van der Waals surface area contributed by atoms with E-state index in [4.69, 9.17) is 4.74 Å². The summed E-state index contributed by atoms with van der Waals surface area (Å²) in [5.74, 6) is -0.112. The third-order valence-corrected chi connectivity index (χ3v) is 3.13. The first-order valence-corrected chi connectivity index (χ1v) is 6.22. The molecule has 1 aliphatic rings. The monoisotopic (exact) mass is 283 g/mol. The topological polar surface area (TPSA) is 38.2 Å². The molecule has 1 fully saturated rings. The SMILES string of the molecule is FC(F)(F)c1nc2ccccc2nc1N1CCOCC1. The van der Waals surface area contributed by atoms with Crippen LogP contribution < -0.4 is 4.90 Å². The average Bonchev–Trinajstić information content (AvgIpc) is 2.46. The standard InChI is InChI=1S/C13H12F3N3O/c14-13(15,16)11-12(19-5-7-20-8-6-19)18-10-4-2-1-3-9(10)17-11/h1-4H,5-8H2. The van der Waals surface area contributed by atoms with Crippen molar-refractivity contribution < 1.29 is 17.9 Å². The van der Waals surface area contributed by atoms with Gasteiger partial charge in [-0.05, 0) is 12.1 Å². The largest absolute Gasteiger partial charge is 0.437 e. The van der Waals surface area contributed by atoms with Crippen LogP contribution in [0.5, 0.6) is 0 Å². The lowest BCUT2D eigenvalue weighted by molar-refractivity contribution is -0.140. The maximum Gasteiger partial charge on any atom is 0.437 e. The molecule has 1 aliphatic heterocycles. The minimum Gasteiger partial charge on any atom is -0.378 e. The highest BCUT2D eigenvalue weighted by Gasteiger charge is 2.38. The fourth-order valence-electron chi connectivity index (χ4n) is 2.18. The molecule has 0 unspecified atom stereocenters. The summed E-state index contributed by atoms with van der Waals surface area (Å²) in [6.07, 6.45) is -4.52. The summed E-state index contributed by atoms with van der Waals surface area (Å²) in [6, 6.07) is 6.56. The van der Waals surface area contributed by atoms with E-state index in [2.05, 4.69) is 9.97 Å². The Morgan fingerprint density at radius 2 is 1.60 bits per heavy atom. The summed E-state index contributed by atoms with van der Waals surface area (Å²) in [5.41, 5.74) is -0.225. The molecule has 0 N–H and O–H groups in total. The summed E-state index contributed by atoms with van der Waals surface area (Å²) < 4.78 is 44.7. The van der Waals surface area contributed by atoms with Crippen molar-refractivity contribution in [1.29, 1.82) is 0 Å². The van der Waals surface area contributed by atoms with Gasteiger partial charge in [0.1, 0.15) is 0 Å².